The molecule has 0 heterocycles. The first kappa shape index (κ1) is 10.7. The van der Waals surface area contributed by atoms with Crippen LogP contribution in [-0.2, 0) is 0 Å². The molecule has 14 heavy (non-hydrogen) atoms. The summed E-state index contributed by atoms with van der Waals surface area (Å²) in [5.41, 5.74) is 0.222. The molecule has 0 unspecified atom stereocenters. The van der Waals surface area contributed by atoms with Crippen molar-refractivity contribution in [3.63, 3.8) is 0 Å². The smallest absolute Gasteiger partial charge is 0.150 e. The summed E-state index contributed by atoms with van der Waals surface area (Å²) in [6, 6.07) is 3.72. The maximum Gasteiger partial charge on any atom is 0.150 e. The Morgan fingerprint density at radius 1 is 1.57 bits per heavy atom. The molecule has 0 atom stereocenters. The van der Waals surface area contributed by atoms with Crippen molar-refractivity contribution in [2.24, 2.45) is 0 Å². The standard InChI is InChI=1S/C10H8ClFO2/c1-7(11)6-14-10-3-8(5-13)2-9(12)4-10/h2-5H,1,6H2. The highest BCUT2D eigenvalue weighted by molar-refractivity contribution is 6.29. The van der Waals surface area contributed by atoms with Crippen molar-refractivity contribution in [3.05, 3.63) is 41.2 Å². The molecule has 1 aromatic rings. The van der Waals surface area contributed by atoms with Gasteiger partial charge in [0.25, 0.3) is 0 Å². The van der Waals surface area contributed by atoms with Gasteiger partial charge in [0.15, 0.2) is 0 Å². The molecule has 0 fully saturated rings. The molecule has 2 nitrogen and oxygen atoms in total. The van der Waals surface area contributed by atoms with Crippen molar-refractivity contribution in [2.75, 3.05) is 6.61 Å². The number of ether oxygens (including phenoxy) is 1. The number of hydrogen-bond acceptors (Lipinski definition) is 2. The van der Waals surface area contributed by atoms with E-state index < -0.39 is 5.82 Å². The molecule has 0 radical (unpaired) electrons. The van der Waals surface area contributed by atoms with Gasteiger partial charge in [0.1, 0.15) is 24.5 Å². The Bertz CT molecular complexity index is 363. The highest BCUT2D eigenvalue weighted by Crippen LogP contribution is 2.16. The summed E-state index contributed by atoms with van der Waals surface area (Å²) in [4.78, 5) is 10.4. The summed E-state index contributed by atoms with van der Waals surface area (Å²) < 4.78 is 17.9. The van der Waals surface area contributed by atoms with Crippen molar-refractivity contribution in [2.45, 2.75) is 0 Å². The minimum atomic E-state index is -0.523. The molecule has 0 saturated carbocycles. The fraction of sp³-hybridized carbons (Fsp3) is 0.100. The highest BCUT2D eigenvalue weighted by Gasteiger charge is 2.01. The minimum Gasteiger partial charge on any atom is -0.488 e. The van der Waals surface area contributed by atoms with Crippen molar-refractivity contribution >= 4 is 17.9 Å². The van der Waals surface area contributed by atoms with Gasteiger partial charge in [0, 0.05) is 16.7 Å². The Labute approximate surface area is 85.9 Å². The zero-order valence-corrected chi connectivity index (χ0v) is 8.05. The monoisotopic (exact) mass is 214 g/mol. The zero-order valence-electron chi connectivity index (χ0n) is 7.30. The Hall–Kier alpha value is -1.35. The quantitative estimate of drug-likeness (QED) is 0.721. The number of carbonyl (C=O) groups is 1. The summed E-state index contributed by atoms with van der Waals surface area (Å²) in [6.07, 6.45) is 0.547. The van der Waals surface area contributed by atoms with Crippen LogP contribution < -0.4 is 4.74 Å². The molecule has 0 saturated heterocycles. The second-order valence-electron chi connectivity index (χ2n) is 2.64. The van der Waals surface area contributed by atoms with Crippen molar-refractivity contribution in [1.82, 2.24) is 0 Å². The summed E-state index contributed by atoms with van der Waals surface area (Å²) >= 11 is 5.46. The first-order valence-electron chi connectivity index (χ1n) is 3.83. The lowest BCUT2D eigenvalue weighted by atomic mass is 10.2. The molecule has 74 valence electrons. The lowest BCUT2D eigenvalue weighted by molar-refractivity contribution is 0.112. The second kappa shape index (κ2) is 4.77. The molecule has 0 N–H and O–H groups in total. The van der Waals surface area contributed by atoms with Gasteiger partial charge in [-0.1, -0.05) is 18.2 Å². The number of halogens is 2. The first-order valence-corrected chi connectivity index (χ1v) is 4.21. The lowest BCUT2D eigenvalue weighted by Crippen LogP contribution is -1.97. The van der Waals surface area contributed by atoms with Crippen molar-refractivity contribution in [1.29, 1.82) is 0 Å². The van der Waals surface area contributed by atoms with Crippen LogP contribution >= 0.6 is 11.6 Å². The van der Waals surface area contributed by atoms with Gasteiger partial charge in [-0.3, -0.25) is 4.79 Å². The van der Waals surface area contributed by atoms with E-state index in [0.29, 0.717) is 11.3 Å². The molecule has 4 heteroatoms. The van der Waals surface area contributed by atoms with E-state index in [9.17, 15) is 9.18 Å². The Morgan fingerprint density at radius 2 is 2.29 bits per heavy atom. The SMILES string of the molecule is C=C(Cl)COc1cc(F)cc(C=O)c1. The van der Waals surface area contributed by atoms with Crippen LogP contribution in [0.3, 0.4) is 0 Å². The molecule has 0 bridgehead atoms. The van der Waals surface area contributed by atoms with Crippen LogP contribution in [0.25, 0.3) is 0 Å². The van der Waals surface area contributed by atoms with Crippen LogP contribution in [0.15, 0.2) is 29.8 Å². The maximum atomic E-state index is 12.8. The molecule has 0 amide bonds. The normalized spacial score (nSPS) is 9.57. The van der Waals surface area contributed by atoms with E-state index in [1.165, 1.54) is 12.1 Å². The number of benzene rings is 1. The molecule has 1 aromatic carbocycles. The molecule has 0 aliphatic carbocycles. The number of hydrogen-bond donors (Lipinski definition) is 0. The molecular weight excluding hydrogens is 207 g/mol. The van der Waals surface area contributed by atoms with Crippen molar-refractivity contribution < 1.29 is 13.9 Å². The number of rotatable bonds is 4. The van der Waals surface area contributed by atoms with Crippen LogP contribution in [0, 0.1) is 5.82 Å². The van der Waals surface area contributed by atoms with Gasteiger partial charge in [0.05, 0.1) is 0 Å². The fourth-order valence-electron chi connectivity index (χ4n) is 0.897. The summed E-state index contributed by atoms with van der Waals surface area (Å²) in [6.45, 7) is 3.50. The van der Waals surface area contributed by atoms with Crippen molar-refractivity contribution in [3.8, 4) is 5.75 Å². The Balaban J connectivity index is 2.81. The largest absolute Gasteiger partial charge is 0.488 e. The van der Waals surface area contributed by atoms with E-state index in [-0.39, 0.29) is 17.9 Å². The molecule has 0 aromatic heterocycles. The van der Waals surface area contributed by atoms with E-state index in [4.69, 9.17) is 16.3 Å². The van der Waals surface area contributed by atoms with Crippen LogP contribution in [0.1, 0.15) is 10.4 Å². The lowest BCUT2D eigenvalue weighted by Gasteiger charge is -2.05. The van der Waals surface area contributed by atoms with Gasteiger partial charge in [0.2, 0.25) is 0 Å². The Morgan fingerprint density at radius 3 is 2.86 bits per heavy atom. The topological polar surface area (TPSA) is 26.3 Å². The minimum absolute atomic E-state index is 0.0866. The predicted octanol–water partition coefficient (Wildman–Crippen LogP) is 2.77. The van der Waals surface area contributed by atoms with E-state index in [1.807, 2.05) is 0 Å². The zero-order chi connectivity index (χ0) is 10.6. The molecule has 0 spiro atoms. The van der Waals surface area contributed by atoms with Gasteiger partial charge < -0.3 is 4.74 Å². The third kappa shape index (κ3) is 3.18. The highest BCUT2D eigenvalue weighted by atomic mass is 35.5. The number of carbonyl (C=O) groups excluding carboxylic acids is 1. The van der Waals surface area contributed by atoms with Gasteiger partial charge >= 0.3 is 0 Å². The molecule has 1 rings (SSSR count). The van der Waals surface area contributed by atoms with Gasteiger partial charge in [-0.15, -0.1) is 0 Å². The van der Waals surface area contributed by atoms with Crippen LogP contribution in [-0.4, -0.2) is 12.9 Å². The average molecular weight is 215 g/mol. The second-order valence-corrected chi connectivity index (χ2v) is 3.18. The van der Waals surface area contributed by atoms with Crippen LogP contribution in [0.2, 0.25) is 0 Å². The third-order valence-corrected chi connectivity index (χ3v) is 1.53. The van der Waals surface area contributed by atoms with E-state index in [1.54, 1.807) is 0 Å². The molecule has 0 aliphatic heterocycles. The first-order chi connectivity index (χ1) is 6.61. The molecule has 0 aliphatic rings. The maximum absolute atomic E-state index is 12.8. The van der Waals surface area contributed by atoms with E-state index >= 15 is 0 Å². The van der Waals surface area contributed by atoms with Gasteiger partial charge in [-0.25, -0.2) is 4.39 Å². The molecular formula is C10H8ClFO2. The van der Waals surface area contributed by atoms with Crippen LogP contribution in [0.5, 0.6) is 5.75 Å². The summed E-state index contributed by atoms with van der Waals surface area (Å²) in [7, 11) is 0. The summed E-state index contributed by atoms with van der Waals surface area (Å²) in [5.74, 6) is -0.265. The van der Waals surface area contributed by atoms with Gasteiger partial charge in [-0.2, -0.15) is 0 Å². The number of aldehydes is 1. The average Bonchev–Trinajstić information content (AvgIpc) is 2.14. The third-order valence-electron chi connectivity index (χ3n) is 1.43. The summed E-state index contributed by atoms with van der Waals surface area (Å²) in [5, 5.41) is 0.307. The van der Waals surface area contributed by atoms with E-state index in [2.05, 4.69) is 6.58 Å². The van der Waals surface area contributed by atoms with E-state index in [0.717, 1.165) is 6.07 Å². The fourth-order valence-corrected chi connectivity index (χ4v) is 0.952. The van der Waals surface area contributed by atoms with Gasteiger partial charge in [-0.05, 0) is 12.1 Å². The Kier molecular flexibility index (Phi) is 3.65. The predicted molar refractivity (Wildman–Crippen MR) is 52.3 cm³/mol. The van der Waals surface area contributed by atoms with Crippen LogP contribution in [0.4, 0.5) is 4.39 Å².